The molecule has 0 saturated carbocycles. The third-order valence-electron chi connectivity index (χ3n) is 3.48. The molecule has 1 aliphatic heterocycles. The van der Waals surface area contributed by atoms with Crippen molar-refractivity contribution in [1.82, 2.24) is 0 Å². The summed E-state index contributed by atoms with van der Waals surface area (Å²) in [5.74, 6) is 0.914. The molecule has 0 amide bonds. The van der Waals surface area contributed by atoms with E-state index in [1.165, 1.54) is 30.5 Å². The van der Waals surface area contributed by atoms with Crippen LogP contribution in [0.3, 0.4) is 0 Å². The molecule has 100 valence electrons. The average Bonchev–Trinajstić information content (AvgIpc) is 2.89. The summed E-state index contributed by atoms with van der Waals surface area (Å²) in [7, 11) is 1.70. The number of anilines is 1. The number of ether oxygens (including phenoxy) is 2. The summed E-state index contributed by atoms with van der Waals surface area (Å²) < 4.78 is 10.8. The van der Waals surface area contributed by atoms with Crippen LogP contribution in [0.15, 0.2) is 18.2 Å². The van der Waals surface area contributed by atoms with Gasteiger partial charge < -0.3 is 14.8 Å². The SMILES string of the molecule is COc1ccc(NCCCC2CCCO2)c(C)c1. The van der Waals surface area contributed by atoms with Crippen LogP contribution >= 0.6 is 0 Å². The normalized spacial score (nSPS) is 18.9. The summed E-state index contributed by atoms with van der Waals surface area (Å²) in [6.07, 6.45) is 5.30. The third kappa shape index (κ3) is 3.64. The van der Waals surface area contributed by atoms with Gasteiger partial charge in [0.15, 0.2) is 0 Å². The lowest BCUT2D eigenvalue weighted by molar-refractivity contribution is 0.103. The molecule has 0 spiro atoms. The van der Waals surface area contributed by atoms with Crippen molar-refractivity contribution in [2.45, 2.75) is 38.7 Å². The summed E-state index contributed by atoms with van der Waals surface area (Å²) in [6.45, 7) is 4.06. The molecule has 1 heterocycles. The molecule has 1 aromatic rings. The fourth-order valence-electron chi connectivity index (χ4n) is 2.39. The molecular formula is C15H23NO2. The predicted octanol–water partition coefficient (Wildman–Crippen LogP) is 3.37. The van der Waals surface area contributed by atoms with Gasteiger partial charge in [0.05, 0.1) is 13.2 Å². The van der Waals surface area contributed by atoms with Crippen LogP contribution in [0, 0.1) is 6.92 Å². The second kappa shape index (κ2) is 6.64. The Kier molecular flexibility index (Phi) is 4.88. The second-order valence-electron chi connectivity index (χ2n) is 4.88. The van der Waals surface area contributed by atoms with Gasteiger partial charge in [0, 0.05) is 18.8 Å². The molecule has 3 heteroatoms. The molecule has 18 heavy (non-hydrogen) atoms. The van der Waals surface area contributed by atoms with Gasteiger partial charge in [-0.05, 0) is 56.4 Å². The van der Waals surface area contributed by atoms with E-state index in [0.717, 1.165) is 25.3 Å². The zero-order chi connectivity index (χ0) is 12.8. The maximum Gasteiger partial charge on any atom is 0.119 e. The Hall–Kier alpha value is -1.22. The van der Waals surface area contributed by atoms with Crippen molar-refractivity contribution in [2.75, 3.05) is 25.6 Å². The fraction of sp³-hybridized carbons (Fsp3) is 0.600. The second-order valence-corrected chi connectivity index (χ2v) is 4.88. The first-order chi connectivity index (χ1) is 8.79. The molecule has 0 aliphatic carbocycles. The van der Waals surface area contributed by atoms with E-state index in [9.17, 15) is 0 Å². The highest BCUT2D eigenvalue weighted by Gasteiger charge is 2.14. The smallest absolute Gasteiger partial charge is 0.119 e. The number of methoxy groups -OCH3 is 1. The minimum atomic E-state index is 0.503. The number of hydrogen-bond acceptors (Lipinski definition) is 3. The first-order valence-electron chi connectivity index (χ1n) is 6.79. The van der Waals surface area contributed by atoms with Gasteiger partial charge in [0.1, 0.15) is 5.75 Å². The first-order valence-corrected chi connectivity index (χ1v) is 6.79. The van der Waals surface area contributed by atoms with Gasteiger partial charge in [-0.15, -0.1) is 0 Å². The number of hydrogen-bond donors (Lipinski definition) is 1. The van der Waals surface area contributed by atoms with Gasteiger partial charge in [-0.1, -0.05) is 0 Å². The van der Waals surface area contributed by atoms with Crippen LogP contribution < -0.4 is 10.1 Å². The lowest BCUT2D eigenvalue weighted by atomic mass is 10.1. The first kappa shape index (κ1) is 13.2. The van der Waals surface area contributed by atoms with E-state index in [4.69, 9.17) is 9.47 Å². The Morgan fingerprint density at radius 2 is 2.33 bits per heavy atom. The van der Waals surface area contributed by atoms with Crippen molar-refractivity contribution >= 4 is 5.69 Å². The number of nitrogens with one attached hydrogen (secondary N) is 1. The van der Waals surface area contributed by atoms with Gasteiger partial charge in [-0.2, -0.15) is 0 Å². The van der Waals surface area contributed by atoms with E-state index in [1.54, 1.807) is 7.11 Å². The van der Waals surface area contributed by atoms with Crippen molar-refractivity contribution in [2.24, 2.45) is 0 Å². The zero-order valence-corrected chi connectivity index (χ0v) is 11.4. The van der Waals surface area contributed by atoms with E-state index in [-0.39, 0.29) is 0 Å². The molecular weight excluding hydrogens is 226 g/mol. The van der Waals surface area contributed by atoms with Crippen LogP contribution in [0.25, 0.3) is 0 Å². The van der Waals surface area contributed by atoms with Gasteiger partial charge in [-0.25, -0.2) is 0 Å². The topological polar surface area (TPSA) is 30.5 Å². The standard InChI is InChI=1S/C15H23NO2/c1-12-11-14(17-2)7-8-15(12)16-9-3-5-13-6-4-10-18-13/h7-8,11,13,16H,3-6,9-10H2,1-2H3. The molecule has 1 fully saturated rings. The van der Waals surface area contributed by atoms with Crippen LogP contribution in [-0.4, -0.2) is 26.4 Å². The van der Waals surface area contributed by atoms with Crippen molar-refractivity contribution in [1.29, 1.82) is 0 Å². The summed E-state index contributed by atoms with van der Waals surface area (Å²) in [4.78, 5) is 0. The monoisotopic (exact) mass is 249 g/mol. The Bertz CT molecular complexity index is 373. The molecule has 2 rings (SSSR count). The maximum atomic E-state index is 5.61. The van der Waals surface area contributed by atoms with Crippen LogP contribution in [0.5, 0.6) is 5.75 Å². The molecule has 1 N–H and O–H groups in total. The summed E-state index contributed by atoms with van der Waals surface area (Å²) in [5, 5.41) is 3.48. The molecule has 1 aliphatic rings. The summed E-state index contributed by atoms with van der Waals surface area (Å²) in [6, 6.07) is 6.14. The number of aryl methyl sites for hydroxylation is 1. The van der Waals surface area contributed by atoms with E-state index in [1.807, 2.05) is 6.07 Å². The minimum Gasteiger partial charge on any atom is -0.497 e. The summed E-state index contributed by atoms with van der Waals surface area (Å²) >= 11 is 0. The zero-order valence-electron chi connectivity index (χ0n) is 11.4. The minimum absolute atomic E-state index is 0.503. The molecule has 0 radical (unpaired) electrons. The van der Waals surface area contributed by atoms with Gasteiger partial charge in [0.2, 0.25) is 0 Å². The molecule has 1 saturated heterocycles. The molecule has 3 nitrogen and oxygen atoms in total. The van der Waals surface area contributed by atoms with Gasteiger partial charge in [-0.3, -0.25) is 0 Å². The Labute approximate surface area is 109 Å². The molecule has 1 unspecified atom stereocenters. The van der Waals surface area contributed by atoms with Gasteiger partial charge in [0.25, 0.3) is 0 Å². The van der Waals surface area contributed by atoms with Crippen LogP contribution in [0.4, 0.5) is 5.69 Å². The summed E-state index contributed by atoms with van der Waals surface area (Å²) in [5.41, 5.74) is 2.43. The lowest BCUT2D eigenvalue weighted by Crippen LogP contribution is -2.09. The van der Waals surface area contributed by atoms with Gasteiger partial charge >= 0.3 is 0 Å². The van der Waals surface area contributed by atoms with Crippen molar-refractivity contribution in [3.63, 3.8) is 0 Å². The maximum absolute atomic E-state index is 5.61. The van der Waals surface area contributed by atoms with Crippen LogP contribution in [-0.2, 0) is 4.74 Å². The molecule has 0 bridgehead atoms. The molecule has 1 aromatic carbocycles. The molecule has 1 atom stereocenters. The van der Waals surface area contributed by atoms with Crippen molar-refractivity contribution in [3.8, 4) is 5.75 Å². The van der Waals surface area contributed by atoms with Crippen LogP contribution in [0.1, 0.15) is 31.2 Å². The number of benzene rings is 1. The van der Waals surface area contributed by atoms with Crippen LogP contribution in [0.2, 0.25) is 0 Å². The Balaban J connectivity index is 1.72. The highest BCUT2D eigenvalue weighted by Crippen LogP contribution is 2.21. The number of rotatable bonds is 6. The van der Waals surface area contributed by atoms with Crippen molar-refractivity contribution in [3.05, 3.63) is 23.8 Å². The quantitative estimate of drug-likeness (QED) is 0.784. The van der Waals surface area contributed by atoms with Crippen molar-refractivity contribution < 1.29 is 9.47 Å². The van der Waals surface area contributed by atoms with E-state index >= 15 is 0 Å². The Morgan fingerprint density at radius 3 is 3.00 bits per heavy atom. The highest BCUT2D eigenvalue weighted by atomic mass is 16.5. The predicted molar refractivity (Wildman–Crippen MR) is 74.4 cm³/mol. The molecule has 0 aromatic heterocycles. The van der Waals surface area contributed by atoms with E-state index < -0.39 is 0 Å². The average molecular weight is 249 g/mol. The lowest BCUT2D eigenvalue weighted by Gasteiger charge is -2.12. The fourth-order valence-corrected chi connectivity index (χ4v) is 2.39. The van der Waals surface area contributed by atoms with E-state index in [2.05, 4.69) is 24.4 Å². The Morgan fingerprint density at radius 1 is 1.44 bits per heavy atom. The highest BCUT2D eigenvalue weighted by molar-refractivity contribution is 5.53. The largest absolute Gasteiger partial charge is 0.497 e. The third-order valence-corrected chi connectivity index (χ3v) is 3.48. The van der Waals surface area contributed by atoms with E-state index in [0.29, 0.717) is 6.10 Å².